The lowest BCUT2D eigenvalue weighted by molar-refractivity contribution is 0.0939. The number of amides is 2. The number of hydrogen-bond acceptors (Lipinski definition) is 4. The van der Waals surface area contributed by atoms with Gasteiger partial charge < -0.3 is 20.8 Å². The van der Waals surface area contributed by atoms with Crippen LogP contribution >= 0.6 is 11.6 Å². The van der Waals surface area contributed by atoms with E-state index in [1.54, 1.807) is 49.4 Å². The molecule has 0 atom stereocenters. The summed E-state index contributed by atoms with van der Waals surface area (Å²) in [6.07, 6.45) is 1.26. The number of nitrogens with two attached hydrogens (primary N) is 1. The Hall–Kier alpha value is -4.17. The Morgan fingerprint density at radius 2 is 1.73 bits per heavy atom. The van der Waals surface area contributed by atoms with Gasteiger partial charge in [-0.1, -0.05) is 17.7 Å². The largest absolute Gasteiger partial charge is 0.455 e. The van der Waals surface area contributed by atoms with E-state index < -0.39 is 11.4 Å². The molecule has 3 aromatic carbocycles. The third-order valence-electron chi connectivity index (χ3n) is 6.74. The quantitative estimate of drug-likeness (QED) is 0.201. The van der Waals surface area contributed by atoms with Gasteiger partial charge in [-0.25, -0.2) is 4.39 Å². The molecule has 0 radical (unpaired) electrons. The van der Waals surface area contributed by atoms with Crippen molar-refractivity contribution in [2.75, 3.05) is 7.05 Å². The minimum Gasteiger partial charge on any atom is -0.455 e. The van der Waals surface area contributed by atoms with E-state index in [0.717, 1.165) is 0 Å². The highest BCUT2D eigenvalue weighted by atomic mass is 35.5. The number of hydrogen-bond donors (Lipinski definition) is 4. The fraction of sp³-hybridized carbons (Fsp3) is 0.179. The van der Waals surface area contributed by atoms with Gasteiger partial charge in [0.05, 0.1) is 11.1 Å². The summed E-state index contributed by atoms with van der Waals surface area (Å²) in [7, 11) is 1.52. The molecule has 1 aliphatic carbocycles. The lowest BCUT2D eigenvalue weighted by Crippen LogP contribution is -2.46. The highest BCUT2D eigenvalue weighted by Gasteiger charge is 2.47. The van der Waals surface area contributed by atoms with Crippen LogP contribution in [0.3, 0.4) is 0 Å². The first-order valence-corrected chi connectivity index (χ1v) is 12.0. The van der Waals surface area contributed by atoms with Crippen molar-refractivity contribution < 1.29 is 18.4 Å². The van der Waals surface area contributed by atoms with E-state index in [9.17, 15) is 14.0 Å². The van der Waals surface area contributed by atoms with Gasteiger partial charge in [-0.15, -0.1) is 0 Å². The van der Waals surface area contributed by atoms with Crippen LogP contribution in [0.2, 0.25) is 5.02 Å². The first kappa shape index (κ1) is 24.5. The number of benzene rings is 3. The molecule has 1 saturated carbocycles. The summed E-state index contributed by atoms with van der Waals surface area (Å²) in [5.74, 6) is -0.827. The summed E-state index contributed by atoms with van der Waals surface area (Å²) in [6, 6.07) is 14.4. The summed E-state index contributed by atoms with van der Waals surface area (Å²) >= 11 is 6.61. The minimum absolute atomic E-state index is 0.0585. The van der Waals surface area contributed by atoms with Crippen LogP contribution in [0.1, 0.15) is 39.1 Å². The van der Waals surface area contributed by atoms with Crippen LogP contribution in [0.5, 0.6) is 0 Å². The first-order chi connectivity index (χ1) is 17.6. The average Bonchev–Trinajstić information content (AvgIpc) is 3.56. The summed E-state index contributed by atoms with van der Waals surface area (Å²) in [5, 5.41) is 14.3. The number of aryl methyl sites for hydroxylation is 1. The maximum Gasteiger partial charge on any atom is 0.255 e. The van der Waals surface area contributed by atoms with Crippen molar-refractivity contribution in [3.8, 4) is 22.5 Å². The van der Waals surface area contributed by atoms with Crippen LogP contribution < -0.4 is 16.4 Å². The average molecular weight is 519 g/mol. The molecule has 0 spiro atoms. The fourth-order valence-electron chi connectivity index (χ4n) is 4.43. The molecule has 7 nitrogen and oxygen atoms in total. The molecule has 0 unspecified atom stereocenters. The van der Waals surface area contributed by atoms with Crippen molar-refractivity contribution in [2.45, 2.75) is 25.3 Å². The lowest BCUT2D eigenvalue weighted by atomic mass is 9.96. The van der Waals surface area contributed by atoms with E-state index in [1.165, 1.54) is 19.2 Å². The third-order valence-corrected chi connectivity index (χ3v) is 7.05. The summed E-state index contributed by atoms with van der Waals surface area (Å²) in [6.45, 7) is 1.79. The van der Waals surface area contributed by atoms with E-state index in [2.05, 4.69) is 10.6 Å². The Bertz CT molecular complexity index is 1590. The molecule has 0 bridgehead atoms. The van der Waals surface area contributed by atoms with Gasteiger partial charge in [-0.2, -0.15) is 0 Å². The molecule has 1 aliphatic rings. The second-order valence-electron chi connectivity index (χ2n) is 9.20. The monoisotopic (exact) mass is 518 g/mol. The lowest BCUT2D eigenvalue weighted by Gasteiger charge is -2.17. The van der Waals surface area contributed by atoms with Crippen molar-refractivity contribution in [2.24, 2.45) is 5.73 Å². The maximum atomic E-state index is 13.5. The fourth-order valence-corrected chi connectivity index (χ4v) is 4.76. The van der Waals surface area contributed by atoms with Crippen molar-refractivity contribution in [3.05, 3.63) is 82.1 Å². The van der Waals surface area contributed by atoms with Crippen LogP contribution in [-0.4, -0.2) is 30.2 Å². The van der Waals surface area contributed by atoms with Crippen molar-refractivity contribution in [3.63, 3.8) is 0 Å². The Balaban J connectivity index is 1.61. The van der Waals surface area contributed by atoms with Crippen LogP contribution in [0.25, 0.3) is 33.4 Å². The molecule has 5 rings (SSSR count). The van der Waals surface area contributed by atoms with Crippen molar-refractivity contribution >= 4 is 40.2 Å². The number of halogens is 2. The van der Waals surface area contributed by atoms with Gasteiger partial charge in [-0.05, 0) is 79.4 Å². The Kier molecular flexibility index (Phi) is 6.00. The molecule has 188 valence electrons. The highest BCUT2D eigenvalue weighted by molar-refractivity contribution is 6.33. The molecular weight excluding hydrogens is 495 g/mol. The van der Waals surface area contributed by atoms with E-state index in [0.29, 0.717) is 68.0 Å². The topological polar surface area (TPSA) is 121 Å². The zero-order chi connectivity index (χ0) is 26.5. The van der Waals surface area contributed by atoms with Crippen LogP contribution in [0.4, 0.5) is 4.39 Å². The zero-order valence-corrected chi connectivity index (χ0v) is 20.9. The molecule has 1 aromatic heterocycles. The summed E-state index contributed by atoms with van der Waals surface area (Å²) < 4.78 is 19.5. The number of amidine groups is 1. The van der Waals surface area contributed by atoms with Gasteiger partial charge >= 0.3 is 0 Å². The zero-order valence-electron chi connectivity index (χ0n) is 20.2. The second-order valence-corrected chi connectivity index (χ2v) is 9.61. The molecule has 9 heteroatoms. The highest BCUT2D eigenvalue weighted by Crippen LogP contribution is 2.39. The SMILES string of the molecule is CNC(=O)c1c(-c2ccc(F)cc2)oc2ccc(-c3cc(C(=O)NC4(C(=N)N)CC4)c(C)cc3Cl)cc12. The molecule has 1 heterocycles. The standard InChI is InChI=1S/C28H24ClFN4O3/c1-14-11-21(29)19(13-18(14)25(35)34-28(9-10-28)27(31)32)16-5-8-22-20(12-16)23(26(36)33-2)24(37-22)15-3-6-17(30)7-4-15/h3-8,11-13H,9-10H2,1-2H3,(H3,31,32)(H,33,36)(H,34,35). The van der Waals surface area contributed by atoms with E-state index in [4.69, 9.17) is 27.2 Å². The van der Waals surface area contributed by atoms with Crippen LogP contribution in [0, 0.1) is 18.2 Å². The number of nitrogens with one attached hydrogen (secondary N) is 3. The third kappa shape index (κ3) is 4.34. The molecule has 5 N–H and O–H groups in total. The Morgan fingerprint density at radius 1 is 1.05 bits per heavy atom. The van der Waals surface area contributed by atoms with E-state index >= 15 is 0 Å². The molecule has 0 aliphatic heterocycles. The van der Waals surface area contributed by atoms with Crippen LogP contribution in [-0.2, 0) is 0 Å². The summed E-state index contributed by atoms with van der Waals surface area (Å²) in [5.41, 5.74) is 8.61. The molecule has 1 fully saturated rings. The molecular formula is C28H24ClFN4O3. The maximum absolute atomic E-state index is 13.5. The molecule has 4 aromatic rings. The Morgan fingerprint density at radius 3 is 2.35 bits per heavy atom. The summed E-state index contributed by atoms with van der Waals surface area (Å²) in [4.78, 5) is 26.0. The van der Waals surface area contributed by atoms with E-state index in [-0.39, 0.29) is 17.6 Å². The minimum atomic E-state index is -0.780. The van der Waals surface area contributed by atoms with E-state index in [1.807, 2.05) is 0 Å². The predicted molar refractivity (Wildman–Crippen MR) is 142 cm³/mol. The van der Waals surface area contributed by atoms with Gasteiger partial charge in [-0.3, -0.25) is 15.0 Å². The van der Waals surface area contributed by atoms with Gasteiger partial charge in [0.25, 0.3) is 11.8 Å². The molecule has 0 saturated heterocycles. The van der Waals surface area contributed by atoms with Gasteiger partial charge in [0.2, 0.25) is 0 Å². The molecule has 37 heavy (non-hydrogen) atoms. The van der Waals surface area contributed by atoms with Crippen LogP contribution in [0.15, 0.2) is 59.0 Å². The number of carbonyl (C=O) groups is 2. The smallest absolute Gasteiger partial charge is 0.255 e. The van der Waals surface area contributed by atoms with Gasteiger partial charge in [0.15, 0.2) is 0 Å². The van der Waals surface area contributed by atoms with Crippen molar-refractivity contribution in [1.82, 2.24) is 10.6 Å². The number of rotatable bonds is 6. The Labute approximate surface area is 217 Å². The molecule has 2 amide bonds. The number of carbonyl (C=O) groups excluding carboxylic acids is 2. The van der Waals surface area contributed by atoms with Crippen molar-refractivity contribution in [1.29, 1.82) is 5.41 Å². The second kappa shape index (κ2) is 9.05. The normalized spacial score (nSPS) is 13.8. The van der Waals surface area contributed by atoms with Gasteiger partial charge in [0, 0.05) is 34.1 Å². The van der Waals surface area contributed by atoms with Gasteiger partial charge in [0.1, 0.15) is 23.0 Å². The number of furan rings is 1. The number of fused-ring (bicyclic) bond motifs is 1. The first-order valence-electron chi connectivity index (χ1n) is 11.7. The predicted octanol–water partition coefficient (Wildman–Crippen LogP) is 5.43.